The lowest BCUT2D eigenvalue weighted by molar-refractivity contribution is -0.122. The van der Waals surface area contributed by atoms with E-state index in [1.165, 1.54) is 29.7 Å². The van der Waals surface area contributed by atoms with Crippen molar-refractivity contribution in [3.8, 4) is 0 Å². The Balaban J connectivity index is 1.54. The van der Waals surface area contributed by atoms with Gasteiger partial charge in [0.05, 0.1) is 0 Å². The number of hydrogen-bond donors (Lipinski definition) is 2. The molecule has 3 heteroatoms. The van der Waals surface area contributed by atoms with Crippen molar-refractivity contribution in [1.82, 2.24) is 5.32 Å². The second kappa shape index (κ2) is 5.01. The molecular formula is C15H20N2O. The van der Waals surface area contributed by atoms with Crippen LogP contribution in [0.4, 0.5) is 5.69 Å². The van der Waals surface area contributed by atoms with Gasteiger partial charge in [0.15, 0.2) is 0 Å². The summed E-state index contributed by atoms with van der Waals surface area (Å²) in [4.78, 5) is 11.5. The van der Waals surface area contributed by atoms with E-state index in [1.807, 2.05) is 0 Å². The summed E-state index contributed by atoms with van der Waals surface area (Å²) in [6, 6.07) is 6.62. The van der Waals surface area contributed by atoms with Gasteiger partial charge in [-0.1, -0.05) is 12.1 Å². The Morgan fingerprint density at radius 3 is 3.11 bits per heavy atom. The van der Waals surface area contributed by atoms with Gasteiger partial charge in [0.25, 0.3) is 0 Å². The van der Waals surface area contributed by atoms with E-state index in [0.717, 1.165) is 32.4 Å². The summed E-state index contributed by atoms with van der Waals surface area (Å²) in [7, 11) is 0. The first-order valence-electron chi connectivity index (χ1n) is 6.96. The first kappa shape index (κ1) is 11.6. The maximum Gasteiger partial charge on any atom is 0.223 e. The monoisotopic (exact) mass is 244 g/mol. The fraction of sp³-hybridized carbons (Fsp3) is 0.533. The average Bonchev–Trinajstić information content (AvgIpc) is 3.23. The summed E-state index contributed by atoms with van der Waals surface area (Å²) >= 11 is 0. The molecule has 3 nitrogen and oxygen atoms in total. The molecule has 1 aliphatic carbocycles. The van der Waals surface area contributed by atoms with Crippen molar-refractivity contribution in [3.63, 3.8) is 0 Å². The van der Waals surface area contributed by atoms with E-state index in [1.54, 1.807) is 0 Å². The lowest BCUT2D eigenvalue weighted by Crippen LogP contribution is -2.27. The van der Waals surface area contributed by atoms with Crippen molar-refractivity contribution < 1.29 is 4.79 Å². The zero-order valence-electron chi connectivity index (χ0n) is 10.7. The summed E-state index contributed by atoms with van der Waals surface area (Å²) < 4.78 is 0. The minimum absolute atomic E-state index is 0.245. The summed E-state index contributed by atoms with van der Waals surface area (Å²) in [6.45, 7) is 1.85. The SMILES string of the molecule is O=C(NCCc1ccc2c(c1)CCCN2)C1CC1. The molecule has 0 spiro atoms. The number of aryl methyl sites for hydroxylation is 1. The highest BCUT2D eigenvalue weighted by atomic mass is 16.2. The highest BCUT2D eigenvalue weighted by Crippen LogP contribution is 2.28. The highest BCUT2D eigenvalue weighted by Gasteiger charge is 2.28. The zero-order valence-corrected chi connectivity index (χ0v) is 10.7. The maximum absolute atomic E-state index is 11.5. The number of hydrogen-bond acceptors (Lipinski definition) is 2. The molecule has 0 aromatic heterocycles. The molecule has 1 aromatic carbocycles. The van der Waals surface area contributed by atoms with E-state index < -0.39 is 0 Å². The van der Waals surface area contributed by atoms with Crippen molar-refractivity contribution >= 4 is 11.6 Å². The molecule has 0 atom stereocenters. The molecule has 1 aliphatic heterocycles. The molecule has 1 heterocycles. The summed E-state index contributed by atoms with van der Waals surface area (Å²) in [5.41, 5.74) is 4.04. The van der Waals surface area contributed by atoms with Crippen molar-refractivity contribution in [2.45, 2.75) is 32.1 Å². The molecule has 0 saturated heterocycles. The van der Waals surface area contributed by atoms with Crippen LogP contribution in [0.2, 0.25) is 0 Å². The predicted octanol–water partition coefficient (Wildman–Crippen LogP) is 2.11. The zero-order chi connectivity index (χ0) is 12.4. The van der Waals surface area contributed by atoms with E-state index >= 15 is 0 Å². The molecule has 18 heavy (non-hydrogen) atoms. The molecule has 1 fully saturated rings. The third kappa shape index (κ3) is 2.66. The average molecular weight is 244 g/mol. The Hall–Kier alpha value is -1.51. The van der Waals surface area contributed by atoms with Gasteiger partial charge in [0, 0.05) is 24.7 Å². The number of anilines is 1. The lowest BCUT2D eigenvalue weighted by Gasteiger charge is -2.18. The molecule has 0 radical (unpaired) electrons. The van der Waals surface area contributed by atoms with Gasteiger partial charge in [-0.15, -0.1) is 0 Å². The smallest absolute Gasteiger partial charge is 0.223 e. The number of rotatable bonds is 4. The molecule has 1 saturated carbocycles. The van der Waals surface area contributed by atoms with Gasteiger partial charge in [-0.05, 0) is 49.3 Å². The van der Waals surface area contributed by atoms with Crippen LogP contribution < -0.4 is 10.6 Å². The van der Waals surface area contributed by atoms with E-state index in [9.17, 15) is 4.79 Å². The van der Waals surface area contributed by atoms with Crippen LogP contribution in [0.15, 0.2) is 18.2 Å². The molecule has 1 amide bonds. The quantitative estimate of drug-likeness (QED) is 0.851. The molecule has 96 valence electrons. The fourth-order valence-electron chi connectivity index (χ4n) is 2.50. The Labute approximate surface area is 108 Å². The number of nitrogens with one attached hydrogen (secondary N) is 2. The molecule has 1 aromatic rings. The normalized spacial score (nSPS) is 17.8. The molecule has 0 bridgehead atoms. The third-order valence-corrected chi connectivity index (χ3v) is 3.77. The van der Waals surface area contributed by atoms with E-state index in [4.69, 9.17) is 0 Å². The van der Waals surface area contributed by atoms with Gasteiger partial charge in [-0.3, -0.25) is 4.79 Å². The Kier molecular flexibility index (Phi) is 3.22. The van der Waals surface area contributed by atoms with Gasteiger partial charge in [0.1, 0.15) is 0 Å². The Bertz CT molecular complexity index is 452. The van der Waals surface area contributed by atoms with Crippen LogP contribution in [0, 0.1) is 5.92 Å². The fourth-order valence-corrected chi connectivity index (χ4v) is 2.50. The number of carbonyl (C=O) groups is 1. The minimum atomic E-state index is 0.245. The molecule has 2 N–H and O–H groups in total. The van der Waals surface area contributed by atoms with Crippen LogP contribution in [-0.2, 0) is 17.6 Å². The van der Waals surface area contributed by atoms with Crippen LogP contribution in [0.3, 0.4) is 0 Å². The van der Waals surface area contributed by atoms with Gasteiger partial charge in [0.2, 0.25) is 5.91 Å². The number of fused-ring (bicyclic) bond motifs is 1. The van der Waals surface area contributed by atoms with Crippen LogP contribution in [0.5, 0.6) is 0 Å². The van der Waals surface area contributed by atoms with Crippen molar-refractivity contribution in [2.24, 2.45) is 5.92 Å². The van der Waals surface area contributed by atoms with E-state index in [0.29, 0.717) is 5.92 Å². The Morgan fingerprint density at radius 2 is 2.28 bits per heavy atom. The van der Waals surface area contributed by atoms with Gasteiger partial charge in [-0.2, -0.15) is 0 Å². The summed E-state index contributed by atoms with van der Waals surface area (Å²) in [5, 5.41) is 6.44. The second-order valence-electron chi connectivity index (χ2n) is 5.34. The van der Waals surface area contributed by atoms with Crippen LogP contribution in [-0.4, -0.2) is 19.0 Å². The first-order valence-corrected chi connectivity index (χ1v) is 6.96. The molecule has 2 aliphatic rings. The molecule has 3 rings (SSSR count). The van der Waals surface area contributed by atoms with E-state index in [2.05, 4.69) is 28.8 Å². The molecular weight excluding hydrogens is 224 g/mol. The largest absolute Gasteiger partial charge is 0.385 e. The minimum Gasteiger partial charge on any atom is -0.385 e. The predicted molar refractivity (Wildman–Crippen MR) is 72.7 cm³/mol. The number of carbonyl (C=O) groups excluding carboxylic acids is 1. The van der Waals surface area contributed by atoms with Crippen LogP contribution in [0.25, 0.3) is 0 Å². The van der Waals surface area contributed by atoms with E-state index in [-0.39, 0.29) is 5.91 Å². The second-order valence-corrected chi connectivity index (χ2v) is 5.34. The Morgan fingerprint density at radius 1 is 1.39 bits per heavy atom. The topological polar surface area (TPSA) is 41.1 Å². The number of benzene rings is 1. The van der Waals surface area contributed by atoms with Crippen molar-refractivity contribution in [3.05, 3.63) is 29.3 Å². The lowest BCUT2D eigenvalue weighted by atomic mass is 9.99. The maximum atomic E-state index is 11.5. The summed E-state index contributed by atoms with van der Waals surface area (Å²) in [6.07, 6.45) is 5.48. The van der Waals surface area contributed by atoms with Crippen molar-refractivity contribution in [1.29, 1.82) is 0 Å². The third-order valence-electron chi connectivity index (χ3n) is 3.77. The standard InChI is InChI=1S/C15H20N2O/c18-15(12-4-5-12)17-9-7-11-3-6-14-13(10-11)2-1-8-16-14/h3,6,10,12,16H,1-2,4-5,7-9H2,(H,17,18). The van der Waals surface area contributed by atoms with Gasteiger partial charge >= 0.3 is 0 Å². The van der Waals surface area contributed by atoms with Gasteiger partial charge < -0.3 is 10.6 Å². The summed E-state index contributed by atoms with van der Waals surface area (Å²) in [5.74, 6) is 0.562. The number of amides is 1. The molecule has 0 unspecified atom stereocenters. The van der Waals surface area contributed by atoms with Crippen LogP contribution in [0.1, 0.15) is 30.4 Å². The first-order chi connectivity index (χ1) is 8.83. The van der Waals surface area contributed by atoms with Crippen LogP contribution >= 0.6 is 0 Å². The highest BCUT2D eigenvalue weighted by molar-refractivity contribution is 5.80. The van der Waals surface area contributed by atoms with Crippen molar-refractivity contribution in [2.75, 3.05) is 18.4 Å². The van der Waals surface area contributed by atoms with Gasteiger partial charge in [-0.25, -0.2) is 0 Å².